The molecule has 7 heteroatoms. The van der Waals surface area contributed by atoms with Crippen LogP contribution in [0.5, 0.6) is 0 Å². The third-order valence-electron chi connectivity index (χ3n) is 1.17. The Morgan fingerprint density at radius 3 is 2.15 bits per heavy atom. The maximum absolute atomic E-state index is 10.6. The summed E-state index contributed by atoms with van der Waals surface area (Å²) in [4.78, 5) is -0.378. The van der Waals surface area contributed by atoms with Gasteiger partial charge >= 0.3 is 0 Å². The Kier molecular flexibility index (Phi) is 5.25. The first-order valence-corrected chi connectivity index (χ1v) is 5.03. The molecule has 1 radical (unpaired) electrons. The predicted octanol–water partition coefficient (Wildman–Crippen LogP) is 1.86. The molecule has 0 aliphatic carbocycles. The topological polar surface area (TPSA) is 54.4 Å². The zero-order valence-corrected chi connectivity index (χ0v) is 11.0. The summed E-state index contributed by atoms with van der Waals surface area (Å²) in [5.41, 5.74) is 0. The molecule has 0 aliphatic rings. The number of halogens is 2. The Hall–Kier alpha value is 0.710. The quantitative estimate of drug-likeness (QED) is 0.611. The first-order valence-electron chi connectivity index (χ1n) is 2.84. The van der Waals surface area contributed by atoms with Gasteiger partial charge in [0.25, 0.3) is 10.1 Å². The molecule has 1 N–H and O–H groups in total. The van der Waals surface area contributed by atoms with Crippen molar-refractivity contribution in [2.75, 3.05) is 0 Å². The van der Waals surface area contributed by atoms with Crippen molar-refractivity contribution in [3.8, 4) is 0 Å². The number of hydrogen-bond donors (Lipinski definition) is 1. The van der Waals surface area contributed by atoms with Crippen LogP contribution in [-0.2, 0) is 10.1 Å². The number of benzene rings is 1. The molecule has 0 bridgehead atoms. The minimum absolute atomic E-state index is 0. The van der Waals surface area contributed by atoms with Crippen molar-refractivity contribution in [2.45, 2.75) is 4.90 Å². The zero-order chi connectivity index (χ0) is 9.35. The average Bonchev–Trinajstić information content (AvgIpc) is 1.92. The van der Waals surface area contributed by atoms with Crippen molar-refractivity contribution in [3.05, 3.63) is 28.2 Å². The summed E-state index contributed by atoms with van der Waals surface area (Å²) in [7, 11) is -4.27. The Morgan fingerprint density at radius 2 is 1.77 bits per heavy atom. The van der Waals surface area contributed by atoms with E-state index in [0.29, 0.717) is 0 Å². The largest absolute Gasteiger partial charge is 0.296 e. The second kappa shape index (κ2) is 4.98. The van der Waals surface area contributed by atoms with Gasteiger partial charge in [0.05, 0.1) is 5.02 Å². The van der Waals surface area contributed by atoms with Gasteiger partial charge in [-0.15, -0.1) is 0 Å². The van der Waals surface area contributed by atoms with Crippen LogP contribution in [0.1, 0.15) is 0 Å². The summed E-state index contributed by atoms with van der Waals surface area (Å²) in [6.45, 7) is 0. The molecule has 0 spiro atoms. The molecule has 1 aromatic carbocycles. The van der Waals surface area contributed by atoms with Crippen molar-refractivity contribution in [2.24, 2.45) is 0 Å². The molecule has 0 heterocycles. The van der Waals surface area contributed by atoms with Gasteiger partial charge in [0.1, 0.15) is 4.90 Å². The van der Waals surface area contributed by atoms with Crippen molar-refractivity contribution < 1.29 is 13.0 Å². The molecule has 0 aliphatic heterocycles. The Labute approximate surface area is 108 Å². The first kappa shape index (κ1) is 13.7. The van der Waals surface area contributed by atoms with Crippen LogP contribution in [0.15, 0.2) is 23.1 Å². The van der Waals surface area contributed by atoms with Crippen molar-refractivity contribution in [1.29, 1.82) is 0 Å². The van der Waals surface area contributed by atoms with Crippen molar-refractivity contribution in [3.63, 3.8) is 0 Å². The third-order valence-corrected chi connectivity index (χ3v) is 2.74. The molecule has 0 amide bonds. The van der Waals surface area contributed by atoms with Crippen LogP contribution in [0.2, 0.25) is 10.0 Å². The smallest absolute Gasteiger partial charge is 0.282 e. The average molecular weight is 250 g/mol. The predicted molar refractivity (Wildman–Crippen MR) is 52.0 cm³/mol. The van der Waals surface area contributed by atoms with Crippen molar-refractivity contribution >= 4 is 62.9 Å². The van der Waals surface area contributed by atoms with E-state index in [9.17, 15) is 8.42 Å². The fourth-order valence-corrected chi connectivity index (χ4v) is 1.91. The van der Waals surface area contributed by atoms with E-state index < -0.39 is 10.1 Å². The summed E-state index contributed by atoms with van der Waals surface area (Å²) < 4.78 is 29.9. The van der Waals surface area contributed by atoms with Gasteiger partial charge in [0, 0.05) is 34.6 Å². The van der Waals surface area contributed by atoms with E-state index in [1.807, 2.05) is 0 Å². The molecule has 1 aromatic rings. The van der Waals surface area contributed by atoms with Crippen LogP contribution in [0.3, 0.4) is 0 Å². The molecule has 0 saturated carbocycles. The second-order valence-electron chi connectivity index (χ2n) is 2.05. The van der Waals surface area contributed by atoms with Crippen molar-refractivity contribution in [1.82, 2.24) is 0 Å². The van der Waals surface area contributed by atoms with Crippen LogP contribution in [0.25, 0.3) is 0 Å². The van der Waals surface area contributed by atoms with Gasteiger partial charge in [-0.1, -0.05) is 23.2 Å². The first-order chi connectivity index (χ1) is 5.41. The molecule has 1 rings (SSSR count). The van der Waals surface area contributed by atoms with Crippen LogP contribution < -0.4 is 0 Å². The molecule has 0 aromatic heterocycles. The Morgan fingerprint density at radius 1 is 1.23 bits per heavy atom. The van der Waals surface area contributed by atoms with E-state index in [1.54, 1.807) is 0 Å². The Bertz CT molecular complexity index is 404. The van der Waals surface area contributed by atoms with E-state index in [0.717, 1.165) is 6.07 Å². The van der Waals surface area contributed by atoms with Crippen LogP contribution in [0.4, 0.5) is 0 Å². The summed E-state index contributed by atoms with van der Waals surface area (Å²) in [6.07, 6.45) is 0. The zero-order valence-electron chi connectivity index (χ0n) is 6.66. The number of hydrogen-bond acceptors (Lipinski definition) is 2. The van der Waals surface area contributed by atoms with E-state index in [-0.39, 0.29) is 44.5 Å². The number of rotatable bonds is 1. The molecule has 0 atom stereocenters. The minimum Gasteiger partial charge on any atom is -0.282 e. The van der Waals surface area contributed by atoms with Gasteiger partial charge in [-0.3, -0.25) is 4.55 Å². The summed E-state index contributed by atoms with van der Waals surface area (Å²) in [5, 5.41) is 0.147. The van der Waals surface area contributed by atoms with Gasteiger partial charge in [0.15, 0.2) is 0 Å². The molecule has 67 valence electrons. The van der Waals surface area contributed by atoms with Crippen LogP contribution in [-0.4, -0.2) is 42.5 Å². The van der Waals surface area contributed by atoms with E-state index in [2.05, 4.69) is 0 Å². The van der Waals surface area contributed by atoms with E-state index in [4.69, 9.17) is 27.8 Å². The Balaban J connectivity index is 0.00000144. The molecule has 13 heavy (non-hydrogen) atoms. The van der Waals surface area contributed by atoms with Crippen LogP contribution >= 0.6 is 23.2 Å². The van der Waals surface area contributed by atoms with Gasteiger partial charge in [0.2, 0.25) is 0 Å². The summed E-state index contributed by atoms with van der Waals surface area (Å²) in [5.74, 6) is 0. The van der Waals surface area contributed by atoms with Gasteiger partial charge < -0.3 is 0 Å². The normalized spacial score (nSPS) is 10.7. The molecule has 3 nitrogen and oxygen atoms in total. The maximum atomic E-state index is 10.6. The van der Waals surface area contributed by atoms with E-state index in [1.165, 1.54) is 12.1 Å². The minimum atomic E-state index is -4.27. The standard InChI is InChI=1S/C6H4Cl2O3S.Na/c7-4-1-2-5(8)6(3-4)12(9,10)11;/h1-3H,(H,9,10,11);. The monoisotopic (exact) mass is 249 g/mol. The van der Waals surface area contributed by atoms with Gasteiger partial charge in [-0.25, -0.2) is 0 Å². The third kappa shape index (κ3) is 3.75. The van der Waals surface area contributed by atoms with Gasteiger partial charge in [-0.05, 0) is 18.2 Å². The molecule has 0 saturated heterocycles. The van der Waals surface area contributed by atoms with Gasteiger partial charge in [-0.2, -0.15) is 8.42 Å². The molecule has 0 unspecified atom stereocenters. The molecule has 0 fully saturated rings. The fraction of sp³-hybridized carbons (Fsp3) is 0. The van der Waals surface area contributed by atoms with Crippen LogP contribution in [0, 0.1) is 0 Å². The maximum Gasteiger partial charge on any atom is 0.296 e. The molecular formula is C6H4Cl2NaO3S. The summed E-state index contributed by atoms with van der Waals surface area (Å²) in [6, 6.07) is 3.81. The fourth-order valence-electron chi connectivity index (χ4n) is 0.675. The second-order valence-corrected chi connectivity index (χ2v) is 4.28. The van der Waals surface area contributed by atoms with E-state index >= 15 is 0 Å². The molecular weight excluding hydrogens is 246 g/mol. The SMILES string of the molecule is O=S(=O)(O)c1cc(Cl)ccc1Cl.[Na]. The summed E-state index contributed by atoms with van der Waals surface area (Å²) >= 11 is 11.0.